The average molecular weight is 371 g/mol. The molecule has 0 saturated carbocycles. The summed E-state index contributed by atoms with van der Waals surface area (Å²) in [7, 11) is 2.98. The van der Waals surface area contributed by atoms with Crippen molar-refractivity contribution in [3.05, 3.63) is 53.6 Å². The van der Waals surface area contributed by atoms with Crippen LogP contribution < -0.4 is 14.2 Å². The zero-order chi connectivity index (χ0) is 19.1. The van der Waals surface area contributed by atoms with Crippen LogP contribution in [0.2, 0.25) is 0 Å². The van der Waals surface area contributed by atoms with E-state index in [0.717, 1.165) is 16.9 Å². The van der Waals surface area contributed by atoms with Crippen LogP contribution in [0.1, 0.15) is 23.5 Å². The molecule has 7 heteroatoms. The number of esters is 1. The predicted octanol–water partition coefficient (Wildman–Crippen LogP) is 3.12. The molecule has 0 aliphatic carbocycles. The summed E-state index contributed by atoms with van der Waals surface area (Å²) in [6, 6.07) is 13.0. The van der Waals surface area contributed by atoms with Gasteiger partial charge in [-0.1, -0.05) is 11.2 Å². The highest BCUT2D eigenvalue weighted by molar-refractivity contribution is 5.79. The topological polar surface area (TPSA) is 75.6 Å². The van der Waals surface area contributed by atoms with E-state index in [1.807, 2.05) is 42.5 Å². The van der Waals surface area contributed by atoms with E-state index in [1.54, 1.807) is 13.3 Å². The Morgan fingerprint density at radius 1 is 1.15 bits per heavy atom. The van der Waals surface area contributed by atoms with Gasteiger partial charge < -0.3 is 23.8 Å². The number of methoxy groups -OCH3 is 2. The number of benzene rings is 2. The normalized spacial score (nSPS) is 13.4. The third-order valence-electron chi connectivity index (χ3n) is 4.18. The number of nitrogens with zero attached hydrogens (tertiary/aromatic N) is 1. The van der Waals surface area contributed by atoms with Crippen LogP contribution >= 0.6 is 0 Å². The van der Waals surface area contributed by atoms with Crippen molar-refractivity contribution in [1.82, 2.24) is 0 Å². The number of rotatable bonds is 8. The minimum atomic E-state index is -0.319. The van der Waals surface area contributed by atoms with Crippen LogP contribution in [0, 0.1) is 0 Å². The molecule has 0 N–H and O–H groups in total. The largest absolute Gasteiger partial charge is 0.497 e. The predicted molar refractivity (Wildman–Crippen MR) is 98.5 cm³/mol. The summed E-state index contributed by atoms with van der Waals surface area (Å²) in [4.78, 5) is 17.2. The van der Waals surface area contributed by atoms with Crippen molar-refractivity contribution >= 4 is 12.2 Å². The third-order valence-corrected chi connectivity index (χ3v) is 4.18. The fourth-order valence-corrected chi connectivity index (χ4v) is 2.65. The number of ether oxygens (including phenoxy) is 4. The van der Waals surface area contributed by atoms with E-state index in [1.165, 1.54) is 7.11 Å². The molecule has 0 fully saturated rings. The van der Waals surface area contributed by atoms with Crippen molar-refractivity contribution in [1.29, 1.82) is 0 Å². The van der Waals surface area contributed by atoms with Gasteiger partial charge in [-0.15, -0.1) is 0 Å². The second-order valence-electron chi connectivity index (χ2n) is 5.89. The van der Waals surface area contributed by atoms with Gasteiger partial charge in [-0.05, 0) is 47.5 Å². The lowest BCUT2D eigenvalue weighted by Crippen LogP contribution is -2.13. The fraction of sp³-hybridized carbons (Fsp3) is 0.300. The maximum Gasteiger partial charge on any atom is 0.306 e. The van der Waals surface area contributed by atoms with Gasteiger partial charge in [0.2, 0.25) is 6.79 Å². The van der Waals surface area contributed by atoms with E-state index in [0.29, 0.717) is 11.5 Å². The minimum Gasteiger partial charge on any atom is -0.497 e. The lowest BCUT2D eigenvalue weighted by molar-refractivity contribution is -0.141. The first kappa shape index (κ1) is 18.6. The summed E-state index contributed by atoms with van der Waals surface area (Å²) < 4.78 is 20.6. The van der Waals surface area contributed by atoms with Crippen LogP contribution in [0.3, 0.4) is 0 Å². The van der Waals surface area contributed by atoms with Gasteiger partial charge in [0.15, 0.2) is 11.5 Å². The quantitative estimate of drug-likeness (QED) is 0.403. The molecule has 0 amide bonds. The maximum atomic E-state index is 11.8. The van der Waals surface area contributed by atoms with E-state index >= 15 is 0 Å². The molecule has 0 unspecified atom stereocenters. The number of fused-ring (bicyclic) bond motifs is 1. The van der Waals surface area contributed by atoms with E-state index in [2.05, 4.69) is 5.16 Å². The van der Waals surface area contributed by atoms with Crippen LogP contribution in [0.15, 0.2) is 47.6 Å². The second-order valence-corrected chi connectivity index (χ2v) is 5.89. The van der Waals surface area contributed by atoms with Crippen molar-refractivity contribution < 1.29 is 28.6 Å². The summed E-state index contributed by atoms with van der Waals surface area (Å²) in [6.45, 7) is 0.421. The standard InChI is InChI=1S/C20H21NO6/c1-23-17-6-3-14(4-7-17)11-21-27-12-16(10-20(22)24-2)15-5-8-18-19(9-15)26-13-25-18/h3-9,11,16H,10,12-13H2,1-2H3/b21-11+/t16-/m1/s1. The number of hydrogen-bond donors (Lipinski definition) is 0. The van der Waals surface area contributed by atoms with Gasteiger partial charge in [0.1, 0.15) is 12.4 Å². The van der Waals surface area contributed by atoms with Crippen molar-refractivity contribution in [3.8, 4) is 17.2 Å². The lowest BCUT2D eigenvalue weighted by atomic mass is 9.96. The van der Waals surface area contributed by atoms with Crippen molar-refractivity contribution in [2.75, 3.05) is 27.6 Å². The molecular weight excluding hydrogens is 350 g/mol. The van der Waals surface area contributed by atoms with Gasteiger partial charge in [-0.2, -0.15) is 0 Å². The molecule has 1 aliphatic heterocycles. The summed E-state index contributed by atoms with van der Waals surface area (Å²) in [6.07, 6.45) is 1.78. The highest BCUT2D eigenvalue weighted by Crippen LogP contribution is 2.35. The maximum absolute atomic E-state index is 11.8. The van der Waals surface area contributed by atoms with Gasteiger partial charge in [-0.3, -0.25) is 4.79 Å². The number of carbonyl (C=O) groups is 1. The Bertz CT molecular complexity index is 803. The molecular formula is C20H21NO6. The zero-order valence-electron chi connectivity index (χ0n) is 15.2. The first-order valence-corrected chi connectivity index (χ1v) is 8.45. The monoisotopic (exact) mass is 371 g/mol. The Labute approximate surface area is 157 Å². The molecule has 3 rings (SSSR count). The highest BCUT2D eigenvalue weighted by Gasteiger charge is 2.21. The number of oxime groups is 1. The zero-order valence-corrected chi connectivity index (χ0v) is 15.2. The Balaban J connectivity index is 1.64. The Hall–Kier alpha value is -3.22. The Kier molecular flexibility index (Phi) is 6.14. The Morgan fingerprint density at radius 2 is 1.93 bits per heavy atom. The average Bonchev–Trinajstić information content (AvgIpc) is 3.18. The van der Waals surface area contributed by atoms with Gasteiger partial charge in [0.25, 0.3) is 0 Å². The van der Waals surface area contributed by atoms with Gasteiger partial charge in [0, 0.05) is 5.92 Å². The van der Waals surface area contributed by atoms with Crippen molar-refractivity contribution in [3.63, 3.8) is 0 Å². The van der Waals surface area contributed by atoms with Gasteiger partial charge in [-0.25, -0.2) is 0 Å². The van der Waals surface area contributed by atoms with Gasteiger partial charge >= 0.3 is 5.97 Å². The van der Waals surface area contributed by atoms with Crippen molar-refractivity contribution in [2.45, 2.75) is 12.3 Å². The van der Waals surface area contributed by atoms with E-state index in [-0.39, 0.29) is 31.7 Å². The van der Waals surface area contributed by atoms with Crippen LogP contribution in [0.5, 0.6) is 17.2 Å². The molecule has 2 aromatic rings. The molecule has 1 heterocycles. The van der Waals surface area contributed by atoms with Crippen LogP contribution in [-0.4, -0.2) is 39.8 Å². The molecule has 142 valence electrons. The molecule has 1 atom stereocenters. The molecule has 0 aromatic heterocycles. The highest BCUT2D eigenvalue weighted by atomic mass is 16.7. The van der Waals surface area contributed by atoms with Gasteiger partial charge in [0.05, 0.1) is 26.9 Å². The second kappa shape index (κ2) is 8.93. The van der Waals surface area contributed by atoms with E-state index in [4.69, 9.17) is 23.8 Å². The number of hydrogen-bond acceptors (Lipinski definition) is 7. The minimum absolute atomic E-state index is 0.175. The SMILES string of the molecule is COC(=O)C[C@H](CO/N=C/c1ccc(OC)cc1)c1ccc2c(c1)OCO2. The van der Waals surface area contributed by atoms with Crippen LogP contribution in [0.25, 0.3) is 0 Å². The van der Waals surface area contributed by atoms with E-state index < -0.39 is 0 Å². The van der Waals surface area contributed by atoms with E-state index in [9.17, 15) is 4.79 Å². The van der Waals surface area contributed by atoms with Crippen molar-refractivity contribution in [2.24, 2.45) is 5.16 Å². The molecule has 0 spiro atoms. The third kappa shape index (κ3) is 4.91. The summed E-state index contributed by atoms with van der Waals surface area (Å²) in [5.74, 6) is 1.58. The molecule has 27 heavy (non-hydrogen) atoms. The first-order valence-electron chi connectivity index (χ1n) is 8.45. The smallest absolute Gasteiger partial charge is 0.306 e. The first-order chi connectivity index (χ1) is 13.2. The van der Waals surface area contributed by atoms with Crippen LogP contribution in [0.4, 0.5) is 0 Å². The lowest BCUT2D eigenvalue weighted by Gasteiger charge is -2.15. The summed E-state index contributed by atoms with van der Waals surface area (Å²) in [5.41, 5.74) is 1.77. The molecule has 0 saturated heterocycles. The Morgan fingerprint density at radius 3 is 2.67 bits per heavy atom. The molecule has 2 aromatic carbocycles. The molecule has 0 radical (unpaired) electrons. The molecule has 1 aliphatic rings. The molecule has 7 nitrogen and oxygen atoms in total. The number of carbonyl (C=O) groups excluding carboxylic acids is 1. The summed E-state index contributed by atoms with van der Waals surface area (Å²) in [5, 5.41) is 3.99. The fourth-order valence-electron chi connectivity index (χ4n) is 2.65. The summed E-state index contributed by atoms with van der Waals surface area (Å²) >= 11 is 0. The van der Waals surface area contributed by atoms with Crippen LogP contribution in [-0.2, 0) is 14.4 Å². The molecule has 0 bridgehead atoms.